The molecule has 0 radical (unpaired) electrons. The van der Waals surface area contributed by atoms with Gasteiger partial charge in [-0.3, -0.25) is 10.1 Å². The van der Waals surface area contributed by atoms with E-state index in [0.29, 0.717) is 0 Å². The molecule has 1 aromatic rings. The highest BCUT2D eigenvalue weighted by atomic mass is 19.3. The topological polar surface area (TPSA) is 73.0 Å². The molecule has 1 N–H and O–H groups in total. The summed E-state index contributed by atoms with van der Waals surface area (Å²) in [5, 5.41) is 16.3. The summed E-state index contributed by atoms with van der Waals surface area (Å²) >= 11 is 0. The van der Waals surface area contributed by atoms with Gasteiger partial charge in [-0.25, -0.2) is 13.5 Å². The lowest BCUT2D eigenvalue weighted by molar-refractivity contribution is -0.384. The number of hydrogen-bond donors (Lipinski definition) is 1. The van der Waals surface area contributed by atoms with E-state index in [1.807, 2.05) is 5.32 Å². The van der Waals surface area contributed by atoms with Crippen molar-refractivity contribution in [2.75, 3.05) is 11.9 Å². The Bertz CT molecular complexity index is 460. The fraction of sp³-hybridized carbons (Fsp3) is 0.625. The molecule has 0 aliphatic rings. The zero-order valence-corrected chi connectivity index (χ0v) is 9.45. The highest BCUT2D eigenvalue weighted by molar-refractivity contribution is 5.59. The monoisotopic (exact) mass is 270 g/mol. The summed E-state index contributed by atoms with van der Waals surface area (Å²) in [5.41, 5.74) is -0.507. The Balaban J connectivity index is 2.95. The summed E-state index contributed by atoms with van der Waals surface area (Å²) < 4.78 is 50.2. The van der Waals surface area contributed by atoms with E-state index in [9.17, 15) is 27.7 Å². The van der Waals surface area contributed by atoms with Gasteiger partial charge in [-0.15, -0.1) is 0 Å². The van der Waals surface area contributed by atoms with Crippen LogP contribution in [0.4, 0.5) is 29.1 Å². The smallest absolute Gasteiger partial charge is 0.333 e. The minimum absolute atomic E-state index is 0.00497. The van der Waals surface area contributed by atoms with Crippen molar-refractivity contribution in [2.24, 2.45) is 7.05 Å². The Labute approximate surface area is 98.7 Å². The second-order valence-corrected chi connectivity index (χ2v) is 3.58. The first-order valence-corrected chi connectivity index (χ1v) is 4.74. The lowest BCUT2D eigenvalue weighted by Gasteiger charge is -2.16. The van der Waals surface area contributed by atoms with Gasteiger partial charge in [0.15, 0.2) is 0 Å². The first kappa shape index (κ1) is 14.2. The SMILES string of the molecule is Cc1nn(C)c(NCC(F)(F)C(F)F)c1[N+](=O)[O-]. The molecular weight excluding hydrogens is 260 g/mol. The van der Waals surface area contributed by atoms with Crippen LogP contribution in [0.3, 0.4) is 0 Å². The Hall–Kier alpha value is -1.87. The van der Waals surface area contributed by atoms with Gasteiger partial charge in [-0.2, -0.15) is 13.9 Å². The summed E-state index contributed by atoms with van der Waals surface area (Å²) in [6, 6.07) is 0. The molecule has 1 aromatic heterocycles. The van der Waals surface area contributed by atoms with Crippen LogP contribution >= 0.6 is 0 Å². The van der Waals surface area contributed by atoms with Crippen molar-refractivity contribution in [3.8, 4) is 0 Å². The van der Waals surface area contributed by atoms with Gasteiger partial charge in [0, 0.05) is 7.05 Å². The van der Waals surface area contributed by atoms with Crippen molar-refractivity contribution in [1.82, 2.24) is 9.78 Å². The summed E-state index contributed by atoms with van der Waals surface area (Å²) in [6.07, 6.45) is -3.85. The maximum atomic E-state index is 12.7. The first-order chi connectivity index (χ1) is 8.16. The standard InChI is InChI=1S/C8H10F4N4O2/c1-4-5(16(17)18)6(15(2)14-4)13-3-8(11,12)7(9)10/h7,13H,3H2,1-2H3. The quantitative estimate of drug-likeness (QED) is 0.504. The number of rotatable bonds is 5. The third kappa shape index (κ3) is 2.68. The third-order valence-electron chi connectivity index (χ3n) is 2.18. The molecule has 0 amide bonds. The maximum Gasteiger partial charge on any atom is 0.333 e. The van der Waals surface area contributed by atoms with Crippen LogP contribution in [-0.4, -0.2) is 33.6 Å². The van der Waals surface area contributed by atoms with Gasteiger partial charge in [-0.05, 0) is 6.92 Å². The van der Waals surface area contributed by atoms with Crippen LogP contribution in [0.25, 0.3) is 0 Å². The van der Waals surface area contributed by atoms with Crippen LogP contribution in [-0.2, 0) is 7.05 Å². The van der Waals surface area contributed by atoms with Gasteiger partial charge in [0.2, 0.25) is 5.82 Å². The molecule has 0 bridgehead atoms. The van der Waals surface area contributed by atoms with Crippen molar-refractivity contribution >= 4 is 11.5 Å². The van der Waals surface area contributed by atoms with Crippen LogP contribution in [0, 0.1) is 17.0 Å². The van der Waals surface area contributed by atoms with Crippen molar-refractivity contribution in [3.63, 3.8) is 0 Å². The normalized spacial score (nSPS) is 11.9. The largest absolute Gasteiger partial charge is 0.358 e. The van der Waals surface area contributed by atoms with Gasteiger partial charge in [0.25, 0.3) is 0 Å². The van der Waals surface area contributed by atoms with E-state index >= 15 is 0 Å². The van der Waals surface area contributed by atoms with Crippen LogP contribution < -0.4 is 5.32 Å². The van der Waals surface area contributed by atoms with E-state index in [4.69, 9.17) is 0 Å². The molecule has 0 aliphatic heterocycles. The fourth-order valence-corrected chi connectivity index (χ4v) is 1.34. The van der Waals surface area contributed by atoms with Crippen LogP contribution in [0.1, 0.15) is 5.69 Å². The molecule has 10 heteroatoms. The van der Waals surface area contributed by atoms with E-state index in [0.717, 1.165) is 4.68 Å². The van der Waals surface area contributed by atoms with Gasteiger partial charge >= 0.3 is 18.0 Å². The molecule has 18 heavy (non-hydrogen) atoms. The third-order valence-corrected chi connectivity index (χ3v) is 2.18. The van der Waals surface area contributed by atoms with Crippen LogP contribution in [0.15, 0.2) is 0 Å². The molecule has 102 valence electrons. The molecule has 0 saturated carbocycles. The molecule has 0 spiro atoms. The molecule has 6 nitrogen and oxygen atoms in total. The molecule has 0 aromatic carbocycles. The number of halogens is 4. The molecule has 0 saturated heterocycles. The number of hydrogen-bond acceptors (Lipinski definition) is 4. The Morgan fingerprint density at radius 2 is 2.11 bits per heavy atom. The highest BCUT2D eigenvalue weighted by Gasteiger charge is 2.41. The van der Waals surface area contributed by atoms with Crippen molar-refractivity contribution in [1.29, 1.82) is 0 Å². The number of nitro groups is 1. The average molecular weight is 270 g/mol. The Kier molecular flexibility index (Phi) is 3.77. The van der Waals surface area contributed by atoms with Gasteiger partial charge in [0.05, 0.1) is 11.5 Å². The zero-order valence-electron chi connectivity index (χ0n) is 9.45. The fourth-order valence-electron chi connectivity index (χ4n) is 1.34. The maximum absolute atomic E-state index is 12.7. The number of alkyl halides is 4. The molecular formula is C8H10F4N4O2. The van der Waals surface area contributed by atoms with Crippen molar-refractivity contribution in [2.45, 2.75) is 19.3 Å². The first-order valence-electron chi connectivity index (χ1n) is 4.74. The lowest BCUT2D eigenvalue weighted by atomic mass is 10.3. The number of nitrogens with zero attached hydrogens (tertiary/aromatic N) is 3. The summed E-state index contributed by atoms with van der Waals surface area (Å²) in [7, 11) is 1.28. The van der Waals surface area contributed by atoms with E-state index in [1.54, 1.807) is 0 Å². The number of nitrogens with one attached hydrogen (secondary N) is 1. The van der Waals surface area contributed by atoms with E-state index in [1.165, 1.54) is 14.0 Å². The summed E-state index contributed by atoms with van der Waals surface area (Å²) in [4.78, 5) is 9.88. The van der Waals surface area contributed by atoms with Crippen LogP contribution in [0.2, 0.25) is 0 Å². The van der Waals surface area contributed by atoms with E-state index in [2.05, 4.69) is 5.10 Å². The summed E-state index contributed by atoms with van der Waals surface area (Å²) in [5.74, 6) is -4.61. The number of aromatic nitrogens is 2. The summed E-state index contributed by atoms with van der Waals surface area (Å²) in [6.45, 7) is -0.0982. The molecule has 0 aliphatic carbocycles. The molecule has 0 fully saturated rings. The van der Waals surface area contributed by atoms with Gasteiger partial charge < -0.3 is 5.32 Å². The lowest BCUT2D eigenvalue weighted by Crippen LogP contribution is -2.35. The molecule has 0 atom stereocenters. The minimum Gasteiger partial charge on any atom is -0.358 e. The van der Waals surface area contributed by atoms with Crippen molar-refractivity contribution in [3.05, 3.63) is 15.8 Å². The second kappa shape index (κ2) is 4.78. The minimum atomic E-state index is -4.27. The average Bonchev–Trinajstić information content (AvgIpc) is 2.50. The van der Waals surface area contributed by atoms with E-state index in [-0.39, 0.29) is 11.5 Å². The Morgan fingerprint density at radius 1 is 1.56 bits per heavy atom. The zero-order chi connectivity index (χ0) is 14.1. The second-order valence-electron chi connectivity index (χ2n) is 3.58. The number of aryl methyl sites for hydroxylation is 2. The van der Waals surface area contributed by atoms with Crippen LogP contribution in [0.5, 0.6) is 0 Å². The van der Waals surface area contributed by atoms with Gasteiger partial charge in [0.1, 0.15) is 5.69 Å². The highest BCUT2D eigenvalue weighted by Crippen LogP contribution is 2.29. The molecule has 0 unspecified atom stereocenters. The van der Waals surface area contributed by atoms with Gasteiger partial charge in [-0.1, -0.05) is 0 Å². The molecule has 1 rings (SSSR count). The number of anilines is 1. The predicted octanol–water partition coefficient (Wildman–Crippen LogP) is 1.95. The van der Waals surface area contributed by atoms with Crippen molar-refractivity contribution < 1.29 is 22.5 Å². The Morgan fingerprint density at radius 3 is 2.56 bits per heavy atom. The van der Waals surface area contributed by atoms with E-state index < -0.39 is 29.5 Å². The predicted molar refractivity (Wildman–Crippen MR) is 54.0 cm³/mol. The molecule has 1 heterocycles.